The summed E-state index contributed by atoms with van der Waals surface area (Å²) >= 11 is 0. The Balaban J connectivity index is 2.97. The monoisotopic (exact) mass is 235 g/mol. The molecule has 0 aromatic heterocycles. The van der Waals surface area contributed by atoms with Gasteiger partial charge < -0.3 is 9.84 Å². The molecule has 1 aromatic carbocycles. The lowest BCUT2D eigenvalue weighted by Crippen LogP contribution is -2.02. The number of rotatable bonds is 5. The number of hydrogen-bond acceptors (Lipinski definition) is 4. The molecule has 0 fully saturated rings. The van der Waals surface area contributed by atoms with E-state index in [0.29, 0.717) is 24.3 Å². The fraction of sp³-hybridized carbons (Fsp3) is 0.333. The van der Waals surface area contributed by atoms with E-state index in [1.807, 2.05) is 0 Å². The lowest BCUT2D eigenvalue weighted by molar-refractivity contribution is -0.385. The molecular formula is C12H13NO4. The molecule has 0 aliphatic heterocycles. The number of nitro benzene ring substituents is 1. The number of nitro groups is 1. The summed E-state index contributed by atoms with van der Waals surface area (Å²) in [6.07, 6.45) is 4.69. The summed E-state index contributed by atoms with van der Waals surface area (Å²) in [4.78, 5) is 10.1. The molecule has 17 heavy (non-hydrogen) atoms. The molecule has 0 spiro atoms. The van der Waals surface area contributed by atoms with E-state index < -0.39 is 11.0 Å². The van der Waals surface area contributed by atoms with E-state index >= 15 is 0 Å². The molecule has 0 radical (unpaired) electrons. The predicted molar refractivity (Wildman–Crippen MR) is 62.7 cm³/mol. The van der Waals surface area contributed by atoms with Crippen molar-refractivity contribution in [3.63, 3.8) is 0 Å². The fourth-order valence-corrected chi connectivity index (χ4v) is 1.33. The number of aliphatic hydroxyl groups excluding tert-OH is 1. The van der Waals surface area contributed by atoms with E-state index in [2.05, 4.69) is 5.92 Å². The fourth-order valence-electron chi connectivity index (χ4n) is 1.33. The number of aliphatic hydroxyl groups is 1. The Kier molecular flexibility index (Phi) is 4.49. The largest absolute Gasteiger partial charge is 0.492 e. The number of hydrogen-bond donors (Lipinski definition) is 1. The maximum absolute atomic E-state index is 10.6. The first-order valence-electron chi connectivity index (χ1n) is 5.09. The molecule has 5 nitrogen and oxygen atoms in total. The Morgan fingerprint density at radius 2 is 2.35 bits per heavy atom. The van der Waals surface area contributed by atoms with Gasteiger partial charge in [0.15, 0.2) is 0 Å². The van der Waals surface area contributed by atoms with E-state index in [-0.39, 0.29) is 5.69 Å². The summed E-state index contributed by atoms with van der Waals surface area (Å²) in [5, 5.41) is 20.1. The normalized spacial score (nSPS) is 11.6. The molecule has 1 atom stereocenters. The number of benzene rings is 1. The van der Waals surface area contributed by atoms with E-state index in [9.17, 15) is 15.2 Å². The third kappa shape index (κ3) is 3.47. The molecule has 0 heterocycles. The Hall–Kier alpha value is -2.06. The average molecular weight is 235 g/mol. The van der Waals surface area contributed by atoms with Gasteiger partial charge in [0.1, 0.15) is 5.75 Å². The van der Waals surface area contributed by atoms with Gasteiger partial charge in [-0.3, -0.25) is 10.1 Å². The second-order valence-electron chi connectivity index (χ2n) is 3.46. The van der Waals surface area contributed by atoms with Crippen LogP contribution in [0.3, 0.4) is 0 Å². The van der Waals surface area contributed by atoms with E-state index in [4.69, 9.17) is 11.2 Å². The van der Waals surface area contributed by atoms with Crippen molar-refractivity contribution in [3.05, 3.63) is 33.9 Å². The highest BCUT2D eigenvalue weighted by atomic mass is 16.6. The lowest BCUT2D eigenvalue weighted by atomic mass is 10.1. The minimum absolute atomic E-state index is 0.0785. The molecule has 1 aromatic rings. The van der Waals surface area contributed by atoms with Crippen molar-refractivity contribution in [1.82, 2.24) is 0 Å². The summed E-state index contributed by atoms with van der Waals surface area (Å²) < 4.78 is 5.35. The maximum Gasteiger partial charge on any atom is 0.270 e. The molecule has 1 N–H and O–H groups in total. The van der Waals surface area contributed by atoms with Crippen molar-refractivity contribution in [2.45, 2.75) is 19.4 Å². The molecule has 0 bridgehead atoms. The molecule has 0 amide bonds. The van der Waals surface area contributed by atoms with Gasteiger partial charge in [0, 0.05) is 24.1 Å². The molecule has 1 unspecified atom stereocenters. The van der Waals surface area contributed by atoms with Gasteiger partial charge in [-0.15, -0.1) is 12.3 Å². The summed E-state index contributed by atoms with van der Waals surface area (Å²) in [5.74, 6) is 2.84. The molecule has 0 aliphatic rings. The van der Waals surface area contributed by atoms with Crippen LogP contribution in [0.15, 0.2) is 18.2 Å². The quantitative estimate of drug-likeness (QED) is 0.367. The maximum atomic E-state index is 10.6. The third-order valence-electron chi connectivity index (χ3n) is 2.16. The average Bonchev–Trinajstić information content (AvgIpc) is 2.29. The number of ether oxygens (including phenoxy) is 1. The van der Waals surface area contributed by atoms with Crippen molar-refractivity contribution in [1.29, 1.82) is 0 Å². The van der Waals surface area contributed by atoms with Gasteiger partial charge in [0.05, 0.1) is 17.6 Å². The predicted octanol–water partition coefficient (Wildman–Crippen LogP) is 2.05. The van der Waals surface area contributed by atoms with Crippen molar-refractivity contribution in [3.8, 4) is 18.1 Å². The Bertz CT molecular complexity index is 448. The highest BCUT2D eigenvalue weighted by Crippen LogP contribution is 2.29. The minimum Gasteiger partial charge on any atom is -0.492 e. The summed E-state index contributed by atoms with van der Waals surface area (Å²) in [5.41, 5.74) is 0.307. The molecular weight excluding hydrogens is 222 g/mol. The topological polar surface area (TPSA) is 72.6 Å². The number of terminal acetylenes is 1. The zero-order valence-electron chi connectivity index (χ0n) is 9.42. The first kappa shape index (κ1) is 13.0. The van der Waals surface area contributed by atoms with Gasteiger partial charge in [0.25, 0.3) is 5.69 Å². The SMILES string of the molecule is C#CCCOc1ccc([N+](=O)[O-])cc1C(C)O. The third-order valence-corrected chi connectivity index (χ3v) is 2.16. The molecule has 1 rings (SSSR count). The van der Waals surface area contributed by atoms with Crippen LogP contribution in [0.1, 0.15) is 25.0 Å². The van der Waals surface area contributed by atoms with Gasteiger partial charge in [-0.2, -0.15) is 0 Å². The van der Waals surface area contributed by atoms with Crippen molar-refractivity contribution >= 4 is 5.69 Å². The highest BCUT2D eigenvalue weighted by molar-refractivity contribution is 5.44. The van der Waals surface area contributed by atoms with Gasteiger partial charge in [-0.25, -0.2) is 0 Å². The van der Waals surface area contributed by atoms with Crippen LogP contribution in [0.4, 0.5) is 5.69 Å². The van der Waals surface area contributed by atoms with Crippen LogP contribution >= 0.6 is 0 Å². The Labute approximate surface area is 99.2 Å². The molecule has 0 saturated carbocycles. The van der Waals surface area contributed by atoms with Crippen LogP contribution in [0.2, 0.25) is 0 Å². The van der Waals surface area contributed by atoms with Crippen molar-refractivity contribution in [2.75, 3.05) is 6.61 Å². The summed E-state index contributed by atoms with van der Waals surface area (Å²) in [6.45, 7) is 1.83. The van der Waals surface area contributed by atoms with Crippen molar-refractivity contribution < 1.29 is 14.8 Å². The van der Waals surface area contributed by atoms with Gasteiger partial charge in [-0.1, -0.05) is 0 Å². The molecule has 5 heteroatoms. The number of nitrogens with zero attached hydrogens (tertiary/aromatic N) is 1. The van der Waals surface area contributed by atoms with E-state index in [1.54, 1.807) is 0 Å². The summed E-state index contributed by atoms with van der Waals surface area (Å²) in [6, 6.07) is 4.10. The van der Waals surface area contributed by atoms with Gasteiger partial charge >= 0.3 is 0 Å². The zero-order chi connectivity index (χ0) is 12.8. The van der Waals surface area contributed by atoms with Gasteiger partial charge in [0.2, 0.25) is 0 Å². The van der Waals surface area contributed by atoms with Crippen LogP contribution in [0.25, 0.3) is 0 Å². The second-order valence-corrected chi connectivity index (χ2v) is 3.46. The minimum atomic E-state index is -0.837. The van der Waals surface area contributed by atoms with Crippen LogP contribution < -0.4 is 4.74 Å². The standard InChI is InChI=1S/C12H13NO4/c1-3-4-7-17-12-6-5-10(13(15)16)8-11(12)9(2)14/h1,5-6,8-9,14H,4,7H2,2H3. The Morgan fingerprint density at radius 3 is 2.88 bits per heavy atom. The highest BCUT2D eigenvalue weighted by Gasteiger charge is 2.15. The van der Waals surface area contributed by atoms with Crippen molar-refractivity contribution in [2.24, 2.45) is 0 Å². The van der Waals surface area contributed by atoms with Crippen LogP contribution in [-0.2, 0) is 0 Å². The van der Waals surface area contributed by atoms with Crippen LogP contribution in [0.5, 0.6) is 5.75 Å². The summed E-state index contributed by atoms with van der Waals surface area (Å²) in [7, 11) is 0. The molecule has 0 saturated heterocycles. The zero-order valence-corrected chi connectivity index (χ0v) is 9.42. The second kappa shape index (κ2) is 5.87. The first-order chi connectivity index (χ1) is 8.06. The van der Waals surface area contributed by atoms with E-state index in [0.717, 1.165) is 0 Å². The smallest absolute Gasteiger partial charge is 0.270 e. The number of non-ortho nitro benzene ring substituents is 1. The van der Waals surface area contributed by atoms with Crippen LogP contribution in [0, 0.1) is 22.5 Å². The van der Waals surface area contributed by atoms with E-state index in [1.165, 1.54) is 25.1 Å². The lowest BCUT2D eigenvalue weighted by Gasteiger charge is -2.12. The van der Waals surface area contributed by atoms with Crippen LogP contribution in [-0.4, -0.2) is 16.6 Å². The molecule has 0 aliphatic carbocycles. The Morgan fingerprint density at radius 1 is 1.65 bits per heavy atom. The van der Waals surface area contributed by atoms with Gasteiger partial charge in [-0.05, 0) is 13.0 Å². The molecule has 90 valence electrons. The first-order valence-corrected chi connectivity index (χ1v) is 5.09.